The Morgan fingerprint density at radius 1 is 1.20 bits per heavy atom. The van der Waals surface area contributed by atoms with Crippen LogP contribution in [0.25, 0.3) is 0 Å². The van der Waals surface area contributed by atoms with Crippen molar-refractivity contribution in [2.45, 2.75) is 26.4 Å². The third-order valence-corrected chi connectivity index (χ3v) is 3.80. The van der Waals surface area contributed by atoms with Gasteiger partial charge in [0.2, 0.25) is 5.78 Å². The normalized spacial score (nSPS) is 11.9. The highest BCUT2D eigenvalue weighted by Gasteiger charge is 2.16. The predicted octanol–water partition coefficient (Wildman–Crippen LogP) is 4.50. The van der Waals surface area contributed by atoms with Crippen molar-refractivity contribution >= 4 is 28.4 Å². The van der Waals surface area contributed by atoms with Crippen molar-refractivity contribution in [1.29, 1.82) is 0 Å². The van der Waals surface area contributed by atoms with Gasteiger partial charge in [-0.3, -0.25) is 4.79 Å². The molecular formula is C17H17IO2. The van der Waals surface area contributed by atoms with Crippen LogP contribution in [0.1, 0.15) is 29.8 Å². The number of rotatable bonds is 5. The van der Waals surface area contributed by atoms with Crippen molar-refractivity contribution in [3.63, 3.8) is 0 Å². The molecule has 0 saturated heterocycles. The number of carbonyl (C=O) groups is 1. The van der Waals surface area contributed by atoms with Gasteiger partial charge in [-0.15, -0.1) is 0 Å². The standard InChI is InChI=1S/C17H17IO2/c1-3-13-7-9-14(10-8-13)17(19)12(2)20-16-6-4-5-15(18)11-16/h4-12H,3H2,1-2H3. The number of aryl methyl sites for hydroxylation is 1. The summed E-state index contributed by atoms with van der Waals surface area (Å²) in [5.41, 5.74) is 1.92. The van der Waals surface area contributed by atoms with E-state index in [0.29, 0.717) is 5.56 Å². The first kappa shape index (κ1) is 15.0. The van der Waals surface area contributed by atoms with E-state index in [1.165, 1.54) is 5.56 Å². The van der Waals surface area contributed by atoms with Crippen LogP contribution < -0.4 is 4.74 Å². The molecule has 0 bridgehead atoms. The molecule has 0 fully saturated rings. The SMILES string of the molecule is CCc1ccc(C(=O)C(C)Oc2cccc(I)c2)cc1. The highest BCUT2D eigenvalue weighted by Crippen LogP contribution is 2.18. The minimum Gasteiger partial charge on any atom is -0.483 e. The molecule has 2 aromatic carbocycles. The lowest BCUT2D eigenvalue weighted by Crippen LogP contribution is -2.23. The van der Waals surface area contributed by atoms with E-state index in [9.17, 15) is 4.79 Å². The van der Waals surface area contributed by atoms with E-state index in [1.54, 1.807) is 6.92 Å². The molecule has 0 N–H and O–H groups in total. The molecule has 0 spiro atoms. The lowest BCUT2D eigenvalue weighted by Gasteiger charge is -2.14. The molecule has 0 aliphatic rings. The van der Waals surface area contributed by atoms with Gasteiger partial charge in [-0.25, -0.2) is 0 Å². The zero-order valence-electron chi connectivity index (χ0n) is 11.6. The first-order valence-electron chi connectivity index (χ1n) is 6.65. The Morgan fingerprint density at radius 3 is 2.50 bits per heavy atom. The molecule has 1 unspecified atom stereocenters. The van der Waals surface area contributed by atoms with E-state index >= 15 is 0 Å². The van der Waals surface area contributed by atoms with Crippen LogP contribution in [0, 0.1) is 3.57 Å². The first-order valence-corrected chi connectivity index (χ1v) is 7.73. The third kappa shape index (κ3) is 3.82. The van der Waals surface area contributed by atoms with Crippen molar-refractivity contribution in [3.8, 4) is 5.75 Å². The highest BCUT2D eigenvalue weighted by molar-refractivity contribution is 14.1. The predicted molar refractivity (Wildman–Crippen MR) is 89.4 cm³/mol. The van der Waals surface area contributed by atoms with Crippen LogP contribution in [0.5, 0.6) is 5.75 Å². The van der Waals surface area contributed by atoms with Crippen molar-refractivity contribution in [2.75, 3.05) is 0 Å². The Hall–Kier alpha value is -1.36. The molecule has 0 aromatic heterocycles. The van der Waals surface area contributed by atoms with Crippen LogP contribution in [0.15, 0.2) is 48.5 Å². The molecule has 2 rings (SSSR count). The highest BCUT2D eigenvalue weighted by atomic mass is 127. The Labute approximate surface area is 133 Å². The second-order valence-electron chi connectivity index (χ2n) is 4.63. The summed E-state index contributed by atoms with van der Waals surface area (Å²) in [5.74, 6) is 0.731. The summed E-state index contributed by atoms with van der Waals surface area (Å²) in [7, 11) is 0. The largest absolute Gasteiger partial charge is 0.483 e. The van der Waals surface area contributed by atoms with Gasteiger partial charge in [0.1, 0.15) is 5.75 Å². The van der Waals surface area contributed by atoms with Crippen LogP contribution in [-0.4, -0.2) is 11.9 Å². The van der Waals surface area contributed by atoms with E-state index in [2.05, 4.69) is 29.5 Å². The summed E-state index contributed by atoms with van der Waals surface area (Å²) in [5, 5.41) is 0. The van der Waals surface area contributed by atoms with Crippen LogP contribution >= 0.6 is 22.6 Å². The Morgan fingerprint density at radius 2 is 1.90 bits per heavy atom. The summed E-state index contributed by atoms with van der Waals surface area (Å²) in [4.78, 5) is 12.3. The summed E-state index contributed by atoms with van der Waals surface area (Å²) < 4.78 is 6.80. The van der Waals surface area contributed by atoms with Crippen molar-refractivity contribution in [1.82, 2.24) is 0 Å². The Kier molecular flexibility index (Phi) is 5.17. The number of halogens is 1. The van der Waals surface area contributed by atoms with Crippen LogP contribution in [-0.2, 0) is 6.42 Å². The first-order chi connectivity index (χ1) is 9.60. The lowest BCUT2D eigenvalue weighted by atomic mass is 10.0. The number of benzene rings is 2. The smallest absolute Gasteiger partial charge is 0.202 e. The second-order valence-corrected chi connectivity index (χ2v) is 5.88. The fraction of sp³-hybridized carbons (Fsp3) is 0.235. The summed E-state index contributed by atoms with van der Waals surface area (Å²) in [6.45, 7) is 3.88. The molecule has 0 heterocycles. The van der Waals surface area contributed by atoms with Gasteiger partial charge in [0.25, 0.3) is 0 Å². The lowest BCUT2D eigenvalue weighted by molar-refractivity contribution is 0.0818. The van der Waals surface area contributed by atoms with Crippen LogP contribution in [0.3, 0.4) is 0 Å². The quantitative estimate of drug-likeness (QED) is 0.564. The van der Waals surface area contributed by atoms with E-state index in [-0.39, 0.29) is 5.78 Å². The maximum Gasteiger partial charge on any atom is 0.202 e. The van der Waals surface area contributed by atoms with Gasteiger partial charge in [0.05, 0.1) is 0 Å². The van der Waals surface area contributed by atoms with Gasteiger partial charge in [0.15, 0.2) is 6.10 Å². The Balaban J connectivity index is 2.07. The maximum absolute atomic E-state index is 12.3. The molecule has 104 valence electrons. The minimum absolute atomic E-state index is 0.00603. The molecule has 3 heteroatoms. The molecule has 2 aromatic rings. The Bertz CT molecular complexity index is 590. The average molecular weight is 380 g/mol. The van der Waals surface area contributed by atoms with Gasteiger partial charge in [-0.2, -0.15) is 0 Å². The van der Waals surface area contributed by atoms with Gasteiger partial charge >= 0.3 is 0 Å². The second kappa shape index (κ2) is 6.88. The minimum atomic E-state index is -0.485. The molecule has 0 saturated carbocycles. The number of carbonyl (C=O) groups excluding carboxylic acids is 1. The number of ketones is 1. The van der Waals surface area contributed by atoms with Gasteiger partial charge in [-0.05, 0) is 59.7 Å². The topological polar surface area (TPSA) is 26.3 Å². The average Bonchev–Trinajstić information content (AvgIpc) is 2.46. The van der Waals surface area contributed by atoms with E-state index in [4.69, 9.17) is 4.74 Å². The number of hydrogen-bond donors (Lipinski definition) is 0. The van der Waals surface area contributed by atoms with Gasteiger partial charge in [-0.1, -0.05) is 37.3 Å². The molecule has 2 nitrogen and oxygen atoms in total. The number of Topliss-reactive ketones (excluding diaryl/α,β-unsaturated/α-hetero) is 1. The van der Waals surface area contributed by atoms with Gasteiger partial charge < -0.3 is 4.74 Å². The molecule has 20 heavy (non-hydrogen) atoms. The zero-order valence-corrected chi connectivity index (χ0v) is 13.8. The monoisotopic (exact) mass is 380 g/mol. The maximum atomic E-state index is 12.3. The fourth-order valence-electron chi connectivity index (χ4n) is 1.94. The zero-order chi connectivity index (χ0) is 14.5. The van der Waals surface area contributed by atoms with Crippen molar-refractivity contribution < 1.29 is 9.53 Å². The molecule has 0 amide bonds. The summed E-state index contributed by atoms with van der Waals surface area (Å²) in [6, 6.07) is 15.4. The molecule has 0 aliphatic carbocycles. The molecular weight excluding hydrogens is 363 g/mol. The number of hydrogen-bond acceptors (Lipinski definition) is 2. The van der Waals surface area contributed by atoms with Gasteiger partial charge in [0, 0.05) is 9.13 Å². The van der Waals surface area contributed by atoms with E-state index in [1.807, 2.05) is 48.5 Å². The number of ether oxygens (including phenoxy) is 1. The molecule has 0 aliphatic heterocycles. The van der Waals surface area contributed by atoms with E-state index < -0.39 is 6.10 Å². The third-order valence-electron chi connectivity index (χ3n) is 3.12. The summed E-state index contributed by atoms with van der Waals surface area (Å²) >= 11 is 2.22. The van der Waals surface area contributed by atoms with Crippen LogP contribution in [0.4, 0.5) is 0 Å². The van der Waals surface area contributed by atoms with Crippen molar-refractivity contribution in [3.05, 3.63) is 63.2 Å². The van der Waals surface area contributed by atoms with Crippen LogP contribution in [0.2, 0.25) is 0 Å². The molecule has 1 atom stereocenters. The summed E-state index contributed by atoms with van der Waals surface area (Å²) in [6.07, 6.45) is 0.490. The fourth-order valence-corrected chi connectivity index (χ4v) is 2.45. The van der Waals surface area contributed by atoms with Crippen molar-refractivity contribution in [2.24, 2.45) is 0 Å². The van der Waals surface area contributed by atoms with E-state index in [0.717, 1.165) is 15.7 Å². The molecule has 0 radical (unpaired) electrons.